The molecule has 33 heavy (non-hydrogen) atoms. The maximum absolute atomic E-state index is 12.7. The first-order valence-electron chi connectivity index (χ1n) is 12.8. The lowest BCUT2D eigenvalue weighted by atomic mass is 9.48. The van der Waals surface area contributed by atoms with E-state index in [1.807, 2.05) is 11.3 Å². The van der Waals surface area contributed by atoms with Gasteiger partial charge in [-0.1, -0.05) is 37.6 Å². The molecule has 3 nitrogen and oxygen atoms in total. The summed E-state index contributed by atoms with van der Waals surface area (Å²) in [6.45, 7) is 11.3. The molecule has 0 aliphatic heterocycles. The van der Waals surface area contributed by atoms with Crippen molar-refractivity contribution in [3.05, 3.63) is 45.5 Å². The summed E-state index contributed by atoms with van der Waals surface area (Å²) in [4.78, 5) is 19.4. The first kappa shape index (κ1) is 21.6. The number of rotatable bonds is 2. The average Bonchev–Trinajstić information content (AvgIpc) is 3.30. The third-order valence-corrected chi connectivity index (χ3v) is 10.9. The van der Waals surface area contributed by atoms with Crippen LogP contribution in [0.1, 0.15) is 79.6 Å². The van der Waals surface area contributed by atoms with Crippen LogP contribution >= 0.6 is 11.3 Å². The van der Waals surface area contributed by atoms with Crippen molar-refractivity contribution in [2.75, 3.05) is 5.32 Å². The minimum atomic E-state index is -0.0514. The van der Waals surface area contributed by atoms with E-state index in [9.17, 15) is 4.79 Å². The summed E-state index contributed by atoms with van der Waals surface area (Å²) in [5.41, 5.74) is 7.97. The van der Waals surface area contributed by atoms with E-state index in [0.717, 1.165) is 37.2 Å². The number of aryl methyl sites for hydroxylation is 4. The highest BCUT2D eigenvalue weighted by molar-refractivity contribution is 7.15. The van der Waals surface area contributed by atoms with Gasteiger partial charge in [-0.3, -0.25) is 4.79 Å². The molecule has 1 N–H and O–H groups in total. The molecule has 0 amide bonds. The van der Waals surface area contributed by atoms with Crippen LogP contribution in [-0.2, 0) is 11.2 Å². The van der Waals surface area contributed by atoms with Crippen molar-refractivity contribution in [2.45, 2.75) is 79.6 Å². The number of hydrogen-bond acceptors (Lipinski definition) is 4. The minimum absolute atomic E-state index is 0.0514. The zero-order valence-corrected chi connectivity index (χ0v) is 21.5. The van der Waals surface area contributed by atoms with Gasteiger partial charge in [0.05, 0.1) is 5.69 Å². The molecule has 1 heterocycles. The van der Waals surface area contributed by atoms with Crippen LogP contribution in [0.4, 0.5) is 10.8 Å². The zero-order valence-electron chi connectivity index (χ0n) is 20.7. The lowest BCUT2D eigenvalue weighted by molar-refractivity contribution is -0.131. The van der Waals surface area contributed by atoms with Crippen molar-refractivity contribution < 1.29 is 4.79 Å². The molecule has 0 unspecified atom stereocenters. The lowest BCUT2D eigenvalue weighted by Gasteiger charge is -2.55. The summed E-state index contributed by atoms with van der Waals surface area (Å²) in [5, 5.41) is 4.70. The van der Waals surface area contributed by atoms with Crippen LogP contribution in [0.15, 0.2) is 18.2 Å². The molecule has 1 aromatic carbocycles. The van der Waals surface area contributed by atoms with E-state index in [4.69, 9.17) is 4.98 Å². The van der Waals surface area contributed by atoms with E-state index >= 15 is 0 Å². The Labute approximate surface area is 202 Å². The monoisotopic (exact) mass is 460 g/mol. The molecular weight excluding hydrogens is 424 g/mol. The quantitative estimate of drug-likeness (QED) is 0.503. The van der Waals surface area contributed by atoms with Gasteiger partial charge in [-0.15, -0.1) is 11.3 Å². The number of carbonyl (C=O) groups is 1. The molecule has 0 spiro atoms. The van der Waals surface area contributed by atoms with Gasteiger partial charge in [0.25, 0.3) is 0 Å². The van der Waals surface area contributed by atoms with Gasteiger partial charge in [0.15, 0.2) is 5.13 Å². The molecule has 1 aromatic heterocycles. The molecule has 2 fully saturated rings. The third kappa shape index (κ3) is 3.05. The molecule has 2 saturated carbocycles. The fourth-order valence-electron chi connectivity index (χ4n) is 8.19. The molecule has 2 aromatic rings. The largest absolute Gasteiger partial charge is 0.331 e. The van der Waals surface area contributed by atoms with Crippen molar-refractivity contribution >= 4 is 33.5 Å². The Morgan fingerprint density at radius 2 is 1.73 bits per heavy atom. The normalized spacial score (nSPS) is 34.8. The summed E-state index contributed by atoms with van der Waals surface area (Å²) < 4.78 is 0. The first-order valence-corrected chi connectivity index (χ1v) is 13.6. The first-order chi connectivity index (χ1) is 15.7. The Kier molecular flexibility index (Phi) is 4.76. The van der Waals surface area contributed by atoms with Crippen LogP contribution in [0.3, 0.4) is 0 Å². The predicted molar refractivity (Wildman–Crippen MR) is 137 cm³/mol. The Balaban J connectivity index is 1.34. The van der Waals surface area contributed by atoms with E-state index in [0.29, 0.717) is 23.5 Å². The van der Waals surface area contributed by atoms with E-state index in [1.165, 1.54) is 51.4 Å². The van der Waals surface area contributed by atoms with Crippen LogP contribution in [-0.4, -0.2) is 10.8 Å². The van der Waals surface area contributed by atoms with Crippen LogP contribution in [0.2, 0.25) is 0 Å². The number of anilines is 2. The number of ketones is 1. The van der Waals surface area contributed by atoms with Gasteiger partial charge in [0.2, 0.25) is 0 Å². The molecule has 4 aliphatic rings. The van der Waals surface area contributed by atoms with Crippen molar-refractivity contribution in [3.8, 4) is 0 Å². The number of thiazole rings is 1. The van der Waals surface area contributed by atoms with Gasteiger partial charge >= 0.3 is 0 Å². The topological polar surface area (TPSA) is 42.0 Å². The summed E-state index contributed by atoms with van der Waals surface area (Å²) in [6, 6.07) is 4.49. The summed E-state index contributed by atoms with van der Waals surface area (Å²) in [6.07, 6.45) is 10.2. The fraction of sp³-hybridized carbons (Fsp3) is 0.586. The van der Waals surface area contributed by atoms with E-state index in [2.05, 4.69) is 58.1 Å². The minimum Gasteiger partial charge on any atom is -0.331 e. The van der Waals surface area contributed by atoms with Crippen LogP contribution in [0.25, 0.3) is 5.57 Å². The van der Waals surface area contributed by atoms with Crippen molar-refractivity contribution in [3.63, 3.8) is 0 Å². The summed E-state index contributed by atoms with van der Waals surface area (Å²) in [7, 11) is 0. The molecule has 4 heteroatoms. The Morgan fingerprint density at radius 1 is 1.00 bits per heavy atom. The van der Waals surface area contributed by atoms with Gasteiger partial charge in [-0.05, 0) is 99.2 Å². The lowest BCUT2D eigenvalue weighted by Crippen LogP contribution is -2.49. The second-order valence-electron chi connectivity index (χ2n) is 11.8. The fourth-order valence-corrected chi connectivity index (χ4v) is 9.17. The van der Waals surface area contributed by atoms with Gasteiger partial charge in [0, 0.05) is 22.4 Å². The number of allylic oxidation sites excluding steroid dienone is 2. The highest BCUT2D eigenvalue weighted by atomic mass is 32.1. The Hall–Kier alpha value is -1.94. The second kappa shape index (κ2) is 7.28. The molecule has 5 atom stereocenters. The SMILES string of the molecule is Cc1cc(C)c(Nc2nc3c(s2)CC[C@@]2(C)C3=CC[C@@H]3[C@@H]2CC[C@]2(C)C(=O)CC[C@@H]32)c(C)c1. The standard InChI is InChI=1S/C29H36N2OS/c1-16-14-17(2)25(18(3)15-16)30-27-31-26-22-7-6-19-20-8-9-24(32)29(20,5)12-10-21(19)28(22,4)13-11-23(26)33-27/h7,14-15,19-21H,6,8-13H2,1-5H3,(H,30,31)/t19-,20-,21-,28+,29-/m0/s1. The zero-order chi connectivity index (χ0) is 23.1. The maximum Gasteiger partial charge on any atom is 0.187 e. The van der Waals surface area contributed by atoms with Crippen LogP contribution in [0.5, 0.6) is 0 Å². The molecule has 174 valence electrons. The number of aromatic nitrogens is 1. The highest BCUT2D eigenvalue weighted by Gasteiger charge is 2.58. The van der Waals surface area contributed by atoms with Gasteiger partial charge < -0.3 is 5.32 Å². The molecular formula is C29H36N2OS. The highest BCUT2D eigenvalue weighted by Crippen LogP contribution is 2.65. The maximum atomic E-state index is 12.7. The van der Waals surface area contributed by atoms with Crippen molar-refractivity contribution in [2.24, 2.45) is 28.6 Å². The Morgan fingerprint density at radius 3 is 2.48 bits per heavy atom. The van der Waals surface area contributed by atoms with Crippen LogP contribution in [0, 0.1) is 49.4 Å². The van der Waals surface area contributed by atoms with E-state index < -0.39 is 0 Å². The van der Waals surface area contributed by atoms with E-state index in [-0.39, 0.29) is 10.8 Å². The number of benzene rings is 1. The number of fused-ring (bicyclic) bond motifs is 7. The molecule has 6 rings (SSSR count). The van der Waals surface area contributed by atoms with E-state index in [1.54, 1.807) is 0 Å². The van der Waals surface area contributed by atoms with Crippen molar-refractivity contribution in [1.82, 2.24) is 4.98 Å². The predicted octanol–water partition coefficient (Wildman–Crippen LogP) is 7.56. The van der Waals surface area contributed by atoms with Gasteiger partial charge in [-0.2, -0.15) is 0 Å². The molecule has 4 aliphatic carbocycles. The van der Waals surface area contributed by atoms with Crippen molar-refractivity contribution in [1.29, 1.82) is 0 Å². The van der Waals surface area contributed by atoms with Crippen LogP contribution < -0.4 is 5.32 Å². The summed E-state index contributed by atoms with van der Waals surface area (Å²) in [5.74, 6) is 2.47. The molecule has 0 saturated heterocycles. The number of nitrogens with one attached hydrogen (secondary N) is 1. The van der Waals surface area contributed by atoms with Gasteiger partial charge in [0.1, 0.15) is 5.78 Å². The third-order valence-electron chi connectivity index (χ3n) is 9.91. The smallest absolute Gasteiger partial charge is 0.187 e. The Bertz CT molecular complexity index is 1170. The number of hydrogen-bond donors (Lipinski definition) is 1. The number of nitrogens with zero attached hydrogens (tertiary/aromatic N) is 1. The number of Topliss-reactive ketones (excluding diaryl/α,β-unsaturated/α-hetero) is 1. The summed E-state index contributed by atoms with van der Waals surface area (Å²) >= 11 is 1.84. The van der Waals surface area contributed by atoms with Gasteiger partial charge in [-0.25, -0.2) is 4.98 Å². The number of carbonyl (C=O) groups excluding carboxylic acids is 1. The second-order valence-corrected chi connectivity index (χ2v) is 12.8. The average molecular weight is 461 g/mol. The molecule has 0 radical (unpaired) electrons. The molecule has 0 bridgehead atoms.